The highest BCUT2D eigenvalue weighted by Crippen LogP contribution is 2.38. The average Bonchev–Trinajstić information content (AvgIpc) is 3.73. The maximum atomic E-state index is 13.8. The van der Waals surface area contributed by atoms with Crippen LogP contribution in [0.4, 0.5) is 14.9 Å². The number of nitrogens with one attached hydrogen (secondary N) is 1. The molecule has 0 unspecified atom stereocenters. The molecule has 2 amide bonds. The molecule has 0 atom stereocenters. The van der Waals surface area contributed by atoms with Crippen molar-refractivity contribution in [3.63, 3.8) is 0 Å². The van der Waals surface area contributed by atoms with Crippen molar-refractivity contribution in [2.24, 2.45) is 0 Å². The molecule has 1 saturated heterocycles. The summed E-state index contributed by atoms with van der Waals surface area (Å²) in [7, 11) is 1.62. The van der Waals surface area contributed by atoms with Crippen LogP contribution in [0.25, 0.3) is 11.1 Å². The van der Waals surface area contributed by atoms with Gasteiger partial charge in [0.05, 0.1) is 20.8 Å². The van der Waals surface area contributed by atoms with Gasteiger partial charge in [-0.15, -0.1) is 0 Å². The number of anilines is 1. The Morgan fingerprint density at radius 3 is 2.30 bits per heavy atom. The number of halogens is 4. The van der Waals surface area contributed by atoms with Crippen LogP contribution in [0.3, 0.4) is 0 Å². The Hall–Kier alpha value is -2.31. The number of likely N-dealkylation sites (tertiary alicyclic amines) is 1. The molecule has 8 heteroatoms. The number of hydrogen-bond acceptors (Lipinski definition) is 2. The molecule has 1 aliphatic carbocycles. The highest BCUT2D eigenvalue weighted by Gasteiger charge is 2.32. The Labute approximate surface area is 232 Å². The monoisotopic (exact) mass is 559 g/mol. The number of para-hydroxylation sites is 1. The Morgan fingerprint density at radius 1 is 0.946 bits per heavy atom. The maximum absolute atomic E-state index is 13.8. The van der Waals surface area contributed by atoms with Crippen molar-refractivity contribution in [3.8, 4) is 11.1 Å². The van der Waals surface area contributed by atoms with Crippen LogP contribution in [-0.4, -0.2) is 37.1 Å². The zero-order chi connectivity index (χ0) is 26.1. The van der Waals surface area contributed by atoms with Gasteiger partial charge in [0.2, 0.25) is 0 Å². The SMILES string of the molecule is CN(C(=O)NCc1ccc(C2CCN(C3CC3)CC2)cc1-c1ccc(F)cc1Cl)c1c(Cl)cccc1Cl. The molecular formula is C29H29Cl3FN3O. The molecule has 3 aromatic carbocycles. The minimum atomic E-state index is -0.384. The molecule has 194 valence electrons. The molecule has 1 saturated carbocycles. The number of carbonyl (C=O) groups is 1. The summed E-state index contributed by atoms with van der Waals surface area (Å²) in [5.41, 5.74) is 4.22. The predicted octanol–water partition coefficient (Wildman–Crippen LogP) is 8.14. The van der Waals surface area contributed by atoms with Gasteiger partial charge in [-0.3, -0.25) is 4.90 Å². The van der Waals surface area contributed by atoms with Crippen molar-refractivity contribution in [2.45, 2.75) is 44.2 Å². The van der Waals surface area contributed by atoms with E-state index in [0.717, 1.165) is 48.7 Å². The molecule has 0 spiro atoms. The fourth-order valence-corrected chi connectivity index (χ4v) is 6.12. The molecule has 1 N–H and O–H groups in total. The van der Waals surface area contributed by atoms with Gasteiger partial charge in [-0.25, -0.2) is 9.18 Å². The molecule has 1 aliphatic heterocycles. The van der Waals surface area contributed by atoms with E-state index < -0.39 is 0 Å². The second-order valence-electron chi connectivity index (χ2n) is 9.87. The topological polar surface area (TPSA) is 35.6 Å². The number of piperidine rings is 1. The molecule has 0 bridgehead atoms. The summed E-state index contributed by atoms with van der Waals surface area (Å²) < 4.78 is 13.8. The summed E-state index contributed by atoms with van der Waals surface area (Å²) in [6.45, 7) is 2.50. The highest BCUT2D eigenvalue weighted by molar-refractivity contribution is 6.39. The summed E-state index contributed by atoms with van der Waals surface area (Å²) >= 11 is 19.1. The van der Waals surface area contributed by atoms with E-state index in [4.69, 9.17) is 34.8 Å². The number of hydrogen-bond donors (Lipinski definition) is 1. The molecule has 2 fully saturated rings. The first kappa shape index (κ1) is 26.3. The summed E-state index contributed by atoms with van der Waals surface area (Å²) in [4.78, 5) is 17.0. The molecule has 3 aromatic rings. The third-order valence-corrected chi connectivity index (χ3v) is 8.35. The van der Waals surface area contributed by atoms with E-state index in [2.05, 4.69) is 22.3 Å². The van der Waals surface area contributed by atoms with Crippen LogP contribution >= 0.6 is 34.8 Å². The standard InChI is InChI=1S/C29H29Cl3FN3O/c1-35(28-25(30)3-2-4-26(28)31)29(37)34-17-20-6-5-19(18-11-13-36(14-12-18)22-8-9-22)15-24(20)23-10-7-21(33)16-27(23)32/h2-7,10,15-16,18,22H,8-9,11-14,17H2,1H3,(H,34,37). The number of amides is 2. The second-order valence-corrected chi connectivity index (χ2v) is 11.1. The number of nitrogens with zero attached hydrogens (tertiary/aromatic N) is 2. The molecular weight excluding hydrogens is 532 g/mol. The number of benzene rings is 3. The van der Waals surface area contributed by atoms with Gasteiger partial charge in [0.1, 0.15) is 5.82 Å². The third-order valence-electron chi connectivity index (χ3n) is 7.43. The van der Waals surface area contributed by atoms with Gasteiger partial charge in [-0.05, 0) is 91.7 Å². The van der Waals surface area contributed by atoms with Crippen molar-refractivity contribution in [3.05, 3.63) is 86.6 Å². The van der Waals surface area contributed by atoms with Gasteiger partial charge in [-0.2, -0.15) is 0 Å². The zero-order valence-corrected chi connectivity index (χ0v) is 22.9. The smallest absolute Gasteiger partial charge is 0.321 e. The maximum Gasteiger partial charge on any atom is 0.321 e. The molecule has 4 nitrogen and oxygen atoms in total. The largest absolute Gasteiger partial charge is 0.334 e. The lowest BCUT2D eigenvalue weighted by Crippen LogP contribution is -2.37. The Morgan fingerprint density at radius 2 is 1.65 bits per heavy atom. The molecule has 5 rings (SSSR count). The van der Waals surface area contributed by atoms with E-state index in [9.17, 15) is 9.18 Å². The summed E-state index contributed by atoms with van der Waals surface area (Å²) in [5.74, 6) is 0.0792. The van der Waals surface area contributed by atoms with Crippen LogP contribution in [0.2, 0.25) is 15.1 Å². The van der Waals surface area contributed by atoms with Gasteiger partial charge >= 0.3 is 6.03 Å². The number of carbonyl (C=O) groups excluding carboxylic acids is 1. The van der Waals surface area contributed by atoms with Crippen LogP contribution in [-0.2, 0) is 6.54 Å². The first-order chi connectivity index (χ1) is 17.8. The zero-order valence-electron chi connectivity index (χ0n) is 20.6. The van der Waals surface area contributed by atoms with Crippen LogP contribution in [0, 0.1) is 5.82 Å². The van der Waals surface area contributed by atoms with E-state index >= 15 is 0 Å². The van der Waals surface area contributed by atoms with Crippen molar-refractivity contribution < 1.29 is 9.18 Å². The van der Waals surface area contributed by atoms with Crippen molar-refractivity contribution in [1.82, 2.24) is 10.2 Å². The normalized spacial score (nSPS) is 16.6. The van der Waals surface area contributed by atoms with Crippen LogP contribution in [0.15, 0.2) is 54.6 Å². The van der Waals surface area contributed by atoms with Crippen molar-refractivity contribution in [2.75, 3.05) is 25.0 Å². The van der Waals surface area contributed by atoms with E-state index in [-0.39, 0.29) is 18.4 Å². The van der Waals surface area contributed by atoms with Crippen molar-refractivity contribution >= 4 is 46.5 Å². The van der Waals surface area contributed by atoms with Crippen LogP contribution < -0.4 is 10.2 Å². The van der Waals surface area contributed by atoms with Gasteiger partial charge in [0, 0.05) is 25.2 Å². The first-order valence-electron chi connectivity index (χ1n) is 12.6. The van der Waals surface area contributed by atoms with E-state index in [1.165, 1.54) is 35.4 Å². The molecule has 0 radical (unpaired) electrons. The van der Waals surface area contributed by atoms with Crippen LogP contribution in [0.5, 0.6) is 0 Å². The highest BCUT2D eigenvalue weighted by atomic mass is 35.5. The second kappa shape index (κ2) is 11.2. The fraction of sp³-hybridized carbons (Fsp3) is 0.345. The Balaban J connectivity index is 1.38. The minimum Gasteiger partial charge on any atom is -0.334 e. The first-order valence-corrected chi connectivity index (χ1v) is 13.7. The minimum absolute atomic E-state index is 0.259. The summed E-state index contributed by atoms with van der Waals surface area (Å²) in [6.07, 6.45) is 4.89. The van der Waals surface area contributed by atoms with Gasteiger partial charge < -0.3 is 10.2 Å². The lowest BCUT2D eigenvalue weighted by molar-refractivity contribution is 0.203. The Kier molecular flexibility index (Phi) is 7.96. The Bertz CT molecular complexity index is 1290. The van der Waals surface area contributed by atoms with E-state index in [1.54, 1.807) is 31.3 Å². The average molecular weight is 561 g/mol. The summed E-state index contributed by atoms with van der Waals surface area (Å²) in [5, 5.41) is 4.08. The van der Waals surface area contributed by atoms with Gasteiger partial charge in [-0.1, -0.05) is 59.1 Å². The van der Waals surface area contributed by atoms with E-state index in [0.29, 0.717) is 26.7 Å². The van der Waals surface area contributed by atoms with Crippen LogP contribution in [0.1, 0.15) is 42.7 Å². The van der Waals surface area contributed by atoms with Crippen molar-refractivity contribution in [1.29, 1.82) is 0 Å². The number of urea groups is 1. The molecule has 0 aromatic heterocycles. The third kappa shape index (κ3) is 5.91. The number of rotatable bonds is 6. The molecule has 37 heavy (non-hydrogen) atoms. The van der Waals surface area contributed by atoms with Gasteiger partial charge in [0.25, 0.3) is 0 Å². The quantitative estimate of drug-likeness (QED) is 0.330. The molecule has 2 aliphatic rings. The lowest BCUT2D eigenvalue weighted by Gasteiger charge is -2.32. The summed E-state index contributed by atoms with van der Waals surface area (Å²) in [6, 6.07) is 16.3. The fourth-order valence-electron chi connectivity index (χ4n) is 5.20. The molecule has 1 heterocycles. The van der Waals surface area contributed by atoms with Gasteiger partial charge in [0.15, 0.2) is 0 Å². The van der Waals surface area contributed by atoms with E-state index in [1.807, 2.05) is 6.07 Å². The lowest BCUT2D eigenvalue weighted by atomic mass is 9.86. The predicted molar refractivity (Wildman–Crippen MR) is 151 cm³/mol.